The van der Waals surface area contributed by atoms with Gasteiger partial charge in [-0.1, -0.05) is 0 Å². The number of ether oxygens (including phenoxy) is 3. The molecule has 2 N–H and O–H groups in total. The molecule has 1 amide bonds. The second kappa shape index (κ2) is 7.53. The van der Waals surface area contributed by atoms with E-state index in [1.807, 2.05) is 0 Å². The summed E-state index contributed by atoms with van der Waals surface area (Å²) in [7, 11) is 3.03. The Morgan fingerprint density at radius 2 is 2.07 bits per heavy atom. The summed E-state index contributed by atoms with van der Waals surface area (Å²) in [4.78, 5) is 14.2. The number of benzene rings is 1. The van der Waals surface area contributed by atoms with Crippen LogP contribution >= 0.6 is 0 Å². The van der Waals surface area contributed by atoms with E-state index in [0.29, 0.717) is 19.1 Å². The maximum Gasteiger partial charge on any atom is 0.235 e. The number of carbonyl (C=O) groups is 1. The topological polar surface area (TPSA) is 83.9 Å². The third kappa shape index (κ3) is 3.57. The Morgan fingerprint density at radius 1 is 1.31 bits per heavy atom. The molecule has 3 aliphatic rings. The largest absolute Gasteiger partial charge is 0.490 e. The monoisotopic (exact) mass is 409 g/mol. The van der Waals surface area contributed by atoms with Crippen molar-refractivity contribution in [2.45, 2.75) is 30.9 Å². The minimum atomic E-state index is -1.32. The van der Waals surface area contributed by atoms with Crippen LogP contribution in [0.25, 0.3) is 0 Å². The first-order valence-electron chi connectivity index (χ1n) is 9.73. The maximum absolute atomic E-state index is 15.0. The Hall–Kier alpha value is -2.26. The van der Waals surface area contributed by atoms with Gasteiger partial charge >= 0.3 is 0 Å². The van der Waals surface area contributed by atoms with Gasteiger partial charge in [0.05, 0.1) is 31.8 Å². The van der Waals surface area contributed by atoms with E-state index in [1.165, 1.54) is 25.1 Å². The van der Waals surface area contributed by atoms with Crippen LogP contribution in [0.2, 0.25) is 0 Å². The van der Waals surface area contributed by atoms with Gasteiger partial charge in [0.25, 0.3) is 0 Å². The van der Waals surface area contributed by atoms with Crippen LogP contribution in [0.3, 0.4) is 0 Å². The third-order valence-electron chi connectivity index (χ3n) is 5.97. The second-order valence-electron chi connectivity index (χ2n) is 8.04. The fourth-order valence-electron chi connectivity index (χ4n) is 4.06. The molecule has 2 aliphatic heterocycles. The second-order valence-corrected chi connectivity index (χ2v) is 8.04. The number of halogens is 2. The number of nitrogens with zero attached hydrogens (tertiary/aromatic N) is 1. The van der Waals surface area contributed by atoms with Crippen LogP contribution in [-0.2, 0) is 19.8 Å². The Kier molecular flexibility index (Phi) is 5.20. The predicted octanol–water partition coefficient (Wildman–Crippen LogP) is 2.00. The summed E-state index contributed by atoms with van der Waals surface area (Å²) in [6.45, 7) is 0.608. The summed E-state index contributed by atoms with van der Waals surface area (Å²) >= 11 is 0. The van der Waals surface area contributed by atoms with Gasteiger partial charge in [-0.2, -0.15) is 0 Å². The molecule has 1 aromatic rings. The summed E-state index contributed by atoms with van der Waals surface area (Å²) in [5.41, 5.74) is -1.25. The Balaban J connectivity index is 1.74. The molecule has 0 unspecified atom stereocenters. The number of methoxy groups -OCH3 is 1. The number of hydrogen-bond acceptors (Lipinski definition) is 5. The number of hydrogen-bond donors (Lipinski definition) is 2. The molecule has 9 heteroatoms. The highest BCUT2D eigenvalue weighted by atomic mass is 19.1. The molecule has 0 aromatic heterocycles. The van der Waals surface area contributed by atoms with Crippen molar-refractivity contribution in [3.8, 4) is 5.75 Å². The van der Waals surface area contributed by atoms with E-state index < -0.39 is 23.1 Å². The highest BCUT2D eigenvalue weighted by Gasteiger charge is 2.55. The molecule has 1 aliphatic carbocycles. The minimum absolute atomic E-state index is 0.0554. The lowest BCUT2D eigenvalue weighted by Crippen LogP contribution is -2.69. The minimum Gasteiger partial charge on any atom is -0.490 e. The van der Waals surface area contributed by atoms with E-state index in [1.54, 1.807) is 0 Å². The zero-order valence-corrected chi connectivity index (χ0v) is 16.5. The van der Waals surface area contributed by atoms with Crippen LogP contribution < -0.4 is 10.1 Å². The van der Waals surface area contributed by atoms with Crippen molar-refractivity contribution in [3.63, 3.8) is 0 Å². The van der Waals surface area contributed by atoms with E-state index in [-0.39, 0.29) is 42.3 Å². The molecule has 1 saturated carbocycles. The lowest BCUT2D eigenvalue weighted by Gasteiger charge is -2.51. The van der Waals surface area contributed by atoms with Gasteiger partial charge in [0.1, 0.15) is 11.4 Å². The van der Waals surface area contributed by atoms with Crippen LogP contribution in [0.15, 0.2) is 12.1 Å². The van der Waals surface area contributed by atoms with E-state index in [2.05, 4.69) is 5.32 Å². The van der Waals surface area contributed by atoms with E-state index in [4.69, 9.17) is 19.6 Å². The van der Waals surface area contributed by atoms with Gasteiger partial charge in [-0.15, -0.1) is 0 Å². The highest BCUT2D eigenvalue weighted by Crippen LogP contribution is 2.44. The van der Waals surface area contributed by atoms with Crippen molar-refractivity contribution in [1.82, 2.24) is 10.2 Å². The van der Waals surface area contributed by atoms with Gasteiger partial charge < -0.3 is 19.5 Å². The number of rotatable bonds is 6. The highest BCUT2D eigenvalue weighted by molar-refractivity contribution is 6.00. The molecule has 0 bridgehead atoms. The van der Waals surface area contributed by atoms with Gasteiger partial charge in [-0.3, -0.25) is 15.1 Å². The Bertz CT molecular complexity index is 832. The molecule has 2 saturated heterocycles. The molecule has 158 valence electrons. The molecule has 0 radical (unpaired) electrons. The lowest BCUT2D eigenvalue weighted by atomic mass is 9.72. The molecule has 29 heavy (non-hydrogen) atoms. The molecule has 7 nitrogen and oxygen atoms in total. The number of carbonyl (C=O) groups excluding carboxylic acids is 1. The van der Waals surface area contributed by atoms with Crippen LogP contribution in [0.5, 0.6) is 5.75 Å². The number of nitrogens with one attached hydrogen (secondary N) is 2. The molecule has 1 aromatic carbocycles. The summed E-state index contributed by atoms with van der Waals surface area (Å²) in [6.07, 6.45) is 2.02. The fourth-order valence-corrected chi connectivity index (χ4v) is 4.06. The molecule has 3 fully saturated rings. The van der Waals surface area contributed by atoms with Gasteiger partial charge in [0.2, 0.25) is 5.91 Å². The molecule has 4 rings (SSSR count). The van der Waals surface area contributed by atoms with Crippen molar-refractivity contribution in [2.24, 2.45) is 11.8 Å². The van der Waals surface area contributed by atoms with E-state index in [0.717, 1.165) is 18.9 Å². The van der Waals surface area contributed by atoms with Crippen molar-refractivity contribution in [3.05, 3.63) is 29.3 Å². The average Bonchev–Trinajstić information content (AvgIpc) is 3.51. The van der Waals surface area contributed by atoms with E-state index in [9.17, 15) is 13.6 Å². The Labute approximate surface area is 167 Å². The van der Waals surface area contributed by atoms with E-state index >= 15 is 0 Å². The summed E-state index contributed by atoms with van der Waals surface area (Å²) in [5, 5.41) is 11.1. The van der Waals surface area contributed by atoms with Crippen molar-refractivity contribution in [1.29, 1.82) is 5.41 Å². The molecular weight excluding hydrogens is 384 g/mol. The third-order valence-corrected chi connectivity index (χ3v) is 5.97. The molecule has 0 spiro atoms. The van der Waals surface area contributed by atoms with Crippen molar-refractivity contribution >= 4 is 11.9 Å². The first-order chi connectivity index (χ1) is 13.9. The van der Waals surface area contributed by atoms with Gasteiger partial charge in [0.15, 0.2) is 17.5 Å². The van der Waals surface area contributed by atoms with Crippen LogP contribution in [0.4, 0.5) is 8.78 Å². The number of amides is 1. The first kappa shape index (κ1) is 20.0. The molecule has 3 atom stereocenters. The first-order valence-corrected chi connectivity index (χ1v) is 9.73. The zero-order valence-electron chi connectivity index (χ0n) is 16.5. The normalized spacial score (nSPS) is 29.4. The van der Waals surface area contributed by atoms with Crippen molar-refractivity contribution < 1.29 is 27.8 Å². The average molecular weight is 409 g/mol. The summed E-state index contributed by atoms with van der Waals surface area (Å²) in [5.74, 6) is -2.43. The fraction of sp³-hybridized carbons (Fsp3) is 0.600. The Morgan fingerprint density at radius 3 is 2.76 bits per heavy atom. The van der Waals surface area contributed by atoms with Crippen LogP contribution in [0.1, 0.15) is 24.8 Å². The van der Waals surface area contributed by atoms with Crippen molar-refractivity contribution in [2.75, 3.05) is 34.0 Å². The number of fused-ring (bicyclic) bond motifs is 1. The van der Waals surface area contributed by atoms with Gasteiger partial charge in [0, 0.05) is 25.8 Å². The summed E-state index contributed by atoms with van der Waals surface area (Å²) in [6, 6.07) is 2.08. The number of guanidine groups is 1. The van der Waals surface area contributed by atoms with Crippen LogP contribution in [-0.4, -0.2) is 56.8 Å². The lowest BCUT2D eigenvalue weighted by molar-refractivity contribution is -0.152. The van der Waals surface area contributed by atoms with Crippen LogP contribution in [0, 0.1) is 28.9 Å². The zero-order chi connectivity index (χ0) is 20.8. The molecule has 2 heterocycles. The predicted molar refractivity (Wildman–Crippen MR) is 99.6 cm³/mol. The smallest absolute Gasteiger partial charge is 0.235 e. The quantitative estimate of drug-likeness (QED) is 0.751. The standard InChI is InChI=1S/C20H25F2N3O4/c1-25-18(26)14-5-12(9-27-2)29-10-20(14,24-19(25)23)13-6-17(16(22)7-15(13)21)28-8-11-3-4-11/h6-7,11-12,14H,3-5,8-10H2,1-2H3,(H2,23,24)/t12-,14+,20-/m1/s1. The summed E-state index contributed by atoms with van der Waals surface area (Å²) < 4.78 is 45.9. The SMILES string of the molecule is COC[C@H]1C[C@H]2C(=O)N(C)C(=N)N[C@@]2(c2cc(OCC3CC3)c(F)cc2F)CO1. The molecular formula is C20H25F2N3O4. The maximum atomic E-state index is 15.0. The van der Waals surface area contributed by atoms with Gasteiger partial charge in [-0.25, -0.2) is 8.78 Å². The van der Waals surface area contributed by atoms with Gasteiger partial charge in [-0.05, 0) is 31.2 Å².